The number of halogens is 3. The van der Waals surface area contributed by atoms with E-state index in [0.717, 1.165) is 5.56 Å². The van der Waals surface area contributed by atoms with Gasteiger partial charge < -0.3 is 19.7 Å². The highest BCUT2D eigenvalue weighted by Crippen LogP contribution is 2.24. The van der Waals surface area contributed by atoms with Gasteiger partial charge in [0.05, 0.1) is 5.71 Å². The smallest absolute Gasteiger partial charge is 0.406 e. The maximum atomic E-state index is 12.4. The lowest BCUT2D eigenvalue weighted by molar-refractivity contribution is -0.274. The van der Waals surface area contributed by atoms with Gasteiger partial charge in [-0.15, -0.1) is 13.2 Å². The topological polar surface area (TPSA) is 81.5 Å². The molecule has 0 radical (unpaired) electrons. The number of nitrogens with zero attached hydrogens (tertiary/aromatic N) is 2. The standard InChI is InChI=1S/C21H22F3N3O4/c1-13-7-5-10-17(19(27-29-4)20(28)25-3)18(13)12-30-26-14(2)15-8-6-9-16(11-15)31-21(22,23)24/h5-11H,12H2,1-4H3,(H,25,28)/b26-14+,27-19+. The molecule has 1 amide bonds. The number of rotatable bonds is 8. The van der Waals surface area contributed by atoms with Crippen molar-refractivity contribution in [3.8, 4) is 5.75 Å². The Hall–Kier alpha value is -3.56. The van der Waals surface area contributed by atoms with Crippen LogP contribution >= 0.6 is 0 Å². The molecule has 0 atom stereocenters. The Morgan fingerprint density at radius 1 is 1.13 bits per heavy atom. The van der Waals surface area contributed by atoms with E-state index >= 15 is 0 Å². The van der Waals surface area contributed by atoms with Gasteiger partial charge in [-0.3, -0.25) is 4.79 Å². The average molecular weight is 437 g/mol. The Morgan fingerprint density at radius 2 is 1.84 bits per heavy atom. The van der Waals surface area contributed by atoms with E-state index in [1.54, 1.807) is 25.1 Å². The number of ether oxygens (including phenoxy) is 1. The van der Waals surface area contributed by atoms with E-state index in [1.807, 2.05) is 13.0 Å². The molecule has 0 bridgehead atoms. The predicted molar refractivity (Wildman–Crippen MR) is 109 cm³/mol. The van der Waals surface area contributed by atoms with E-state index in [1.165, 1.54) is 32.4 Å². The van der Waals surface area contributed by atoms with Crippen LogP contribution in [0.5, 0.6) is 5.75 Å². The first-order valence-electron chi connectivity index (χ1n) is 9.11. The number of carbonyl (C=O) groups is 1. The zero-order chi connectivity index (χ0) is 23.0. The van der Waals surface area contributed by atoms with Crippen LogP contribution in [0.3, 0.4) is 0 Å². The summed E-state index contributed by atoms with van der Waals surface area (Å²) >= 11 is 0. The number of hydrogen-bond donors (Lipinski definition) is 1. The van der Waals surface area contributed by atoms with E-state index in [-0.39, 0.29) is 18.1 Å². The van der Waals surface area contributed by atoms with Crippen molar-refractivity contribution >= 4 is 17.3 Å². The minimum absolute atomic E-state index is 0.00217. The molecule has 31 heavy (non-hydrogen) atoms. The van der Waals surface area contributed by atoms with Crippen LogP contribution in [0.25, 0.3) is 0 Å². The maximum Gasteiger partial charge on any atom is 0.573 e. The molecule has 0 heterocycles. The third kappa shape index (κ3) is 6.73. The van der Waals surface area contributed by atoms with Gasteiger partial charge in [0.1, 0.15) is 19.5 Å². The summed E-state index contributed by atoms with van der Waals surface area (Å²) < 4.78 is 41.2. The van der Waals surface area contributed by atoms with Crippen molar-refractivity contribution in [2.24, 2.45) is 10.3 Å². The van der Waals surface area contributed by atoms with Crippen LogP contribution in [0.4, 0.5) is 13.2 Å². The van der Waals surface area contributed by atoms with Gasteiger partial charge in [-0.2, -0.15) is 0 Å². The van der Waals surface area contributed by atoms with Crippen LogP contribution in [-0.4, -0.2) is 37.9 Å². The van der Waals surface area contributed by atoms with Gasteiger partial charge in [-0.1, -0.05) is 40.6 Å². The lowest BCUT2D eigenvalue weighted by atomic mass is 9.98. The molecule has 0 unspecified atom stereocenters. The summed E-state index contributed by atoms with van der Waals surface area (Å²) in [5.74, 6) is -0.790. The number of oxime groups is 2. The number of benzene rings is 2. The highest BCUT2D eigenvalue weighted by atomic mass is 19.4. The summed E-state index contributed by atoms with van der Waals surface area (Å²) in [7, 11) is 2.81. The fourth-order valence-electron chi connectivity index (χ4n) is 2.70. The molecule has 0 aliphatic carbocycles. The van der Waals surface area contributed by atoms with Gasteiger partial charge in [0.2, 0.25) is 0 Å². The van der Waals surface area contributed by atoms with Crippen LogP contribution < -0.4 is 10.1 Å². The number of nitrogens with one attached hydrogen (secondary N) is 1. The summed E-state index contributed by atoms with van der Waals surface area (Å²) in [6.07, 6.45) is -4.78. The molecule has 0 spiro atoms. The monoisotopic (exact) mass is 437 g/mol. The average Bonchev–Trinajstić information content (AvgIpc) is 2.71. The van der Waals surface area contributed by atoms with Gasteiger partial charge in [-0.25, -0.2) is 0 Å². The number of likely N-dealkylation sites (N-methyl/N-ethyl adjacent to an activating group) is 1. The van der Waals surface area contributed by atoms with Crippen LogP contribution in [-0.2, 0) is 21.1 Å². The van der Waals surface area contributed by atoms with Crippen LogP contribution in [0.2, 0.25) is 0 Å². The Bertz CT molecular complexity index is 988. The molecule has 0 aliphatic rings. The third-order valence-electron chi connectivity index (χ3n) is 4.19. The van der Waals surface area contributed by atoms with E-state index in [0.29, 0.717) is 22.4 Å². The Balaban J connectivity index is 2.24. The number of alkyl halides is 3. The second-order valence-electron chi connectivity index (χ2n) is 6.33. The zero-order valence-corrected chi connectivity index (χ0v) is 17.4. The Labute approximate surface area is 177 Å². The van der Waals surface area contributed by atoms with E-state index in [2.05, 4.69) is 20.4 Å². The minimum atomic E-state index is -4.78. The second kappa shape index (κ2) is 10.5. The molecule has 7 nitrogen and oxygen atoms in total. The van der Waals surface area contributed by atoms with Crippen molar-refractivity contribution < 1.29 is 32.4 Å². The molecular formula is C21H22F3N3O4. The largest absolute Gasteiger partial charge is 0.573 e. The second-order valence-corrected chi connectivity index (χ2v) is 6.33. The third-order valence-corrected chi connectivity index (χ3v) is 4.19. The first-order valence-corrected chi connectivity index (χ1v) is 9.11. The van der Waals surface area contributed by atoms with Crippen molar-refractivity contribution in [2.75, 3.05) is 14.2 Å². The lowest BCUT2D eigenvalue weighted by Crippen LogP contribution is -2.29. The van der Waals surface area contributed by atoms with Crippen molar-refractivity contribution in [3.05, 3.63) is 64.7 Å². The van der Waals surface area contributed by atoms with Crippen molar-refractivity contribution in [1.82, 2.24) is 5.32 Å². The van der Waals surface area contributed by atoms with Crippen molar-refractivity contribution in [2.45, 2.75) is 26.8 Å². The molecular weight excluding hydrogens is 415 g/mol. The first kappa shape index (κ1) is 23.7. The van der Waals surface area contributed by atoms with Gasteiger partial charge in [0, 0.05) is 23.7 Å². The summed E-state index contributed by atoms with van der Waals surface area (Å²) in [5.41, 5.74) is 2.82. The molecule has 0 saturated carbocycles. The molecule has 10 heteroatoms. The van der Waals surface area contributed by atoms with Crippen LogP contribution in [0.15, 0.2) is 52.8 Å². The fourth-order valence-corrected chi connectivity index (χ4v) is 2.70. The van der Waals surface area contributed by atoms with Crippen LogP contribution in [0, 0.1) is 6.92 Å². The summed E-state index contributed by atoms with van der Waals surface area (Å²) in [4.78, 5) is 22.4. The summed E-state index contributed by atoms with van der Waals surface area (Å²) in [6.45, 7) is 3.43. The summed E-state index contributed by atoms with van der Waals surface area (Å²) in [6, 6.07) is 10.7. The Kier molecular flexibility index (Phi) is 8.00. The fraction of sp³-hybridized carbons (Fsp3) is 0.286. The van der Waals surface area contributed by atoms with Gasteiger partial charge in [0.25, 0.3) is 5.91 Å². The molecule has 0 saturated heterocycles. The van der Waals surface area contributed by atoms with E-state index in [4.69, 9.17) is 9.68 Å². The van der Waals surface area contributed by atoms with Crippen molar-refractivity contribution in [3.63, 3.8) is 0 Å². The van der Waals surface area contributed by atoms with Gasteiger partial charge >= 0.3 is 6.36 Å². The Morgan fingerprint density at radius 3 is 2.48 bits per heavy atom. The molecule has 166 valence electrons. The molecule has 2 aromatic rings. The molecule has 0 aromatic heterocycles. The highest BCUT2D eigenvalue weighted by Gasteiger charge is 2.31. The van der Waals surface area contributed by atoms with Crippen LogP contribution in [0.1, 0.15) is 29.2 Å². The first-order chi connectivity index (χ1) is 14.7. The molecule has 0 aliphatic heterocycles. The maximum absolute atomic E-state index is 12.4. The molecule has 1 N–H and O–H groups in total. The minimum Gasteiger partial charge on any atom is -0.406 e. The van der Waals surface area contributed by atoms with E-state index in [9.17, 15) is 18.0 Å². The summed E-state index contributed by atoms with van der Waals surface area (Å²) in [5, 5.41) is 10.3. The quantitative estimate of drug-likeness (QED) is 0.501. The highest BCUT2D eigenvalue weighted by molar-refractivity contribution is 6.45. The number of aryl methyl sites for hydroxylation is 1. The molecule has 0 fully saturated rings. The molecule has 2 aromatic carbocycles. The number of hydrogen-bond acceptors (Lipinski definition) is 6. The number of carbonyl (C=O) groups excluding carboxylic acids is 1. The molecule has 2 rings (SSSR count). The van der Waals surface area contributed by atoms with Gasteiger partial charge in [0.15, 0.2) is 5.71 Å². The van der Waals surface area contributed by atoms with E-state index < -0.39 is 12.3 Å². The zero-order valence-electron chi connectivity index (χ0n) is 17.4. The normalized spacial score (nSPS) is 12.4. The number of amides is 1. The predicted octanol–water partition coefficient (Wildman–Crippen LogP) is 3.93. The van der Waals surface area contributed by atoms with Gasteiger partial charge in [-0.05, 0) is 31.5 Å². The van der Waals surface area contributed by atoms with Crippen molar-refractivity contribution in [1.29, 1.82) is 0 Å². The SMILES string of the molecule is CNC(=O)/C(=N/OC)c1cccc(C)c1CO/N=C(\C)c1cccc(OC(F)(F)F)c1. The lowest BCUT2D eigenvalue weighted by Gasteiger charge is -2.13.